The van der Waals surface area contributed by atoms with Crippen LogP contribution in [0, 0.1) is 6.92 Å². The van der Waals surface area contributed by atoms with Gasteiger partial charge in [0.15, 0.2) is 0 Å². The number of nitrogens with zero attached hydrogens (tertiary/aromatic N) is 2. The normalized spacial score (nSPS) is 12.4. The van der Waals surface area contributed by atoms with Crippen LogP contribution in [0.3, 0.4) is 0 Å². The topological polar surface area (TPSA) is 52.0 Å². The molecule has 0 aromatic carbocycles. The van der Waals surface area contributed by atoms with Crippen LogP contribution in [0.5, 0.6) is 0 Å². The van der Waals surface area contributed by atoms with Crippen molar-refractivity contribution in [3.63, 3.8) is 0 Å². The molecule has 0 saturated heterocycles. The van der Waals surface area contributed by atoms with E-state index < -0.39 is 20.5 Å². The molecule has 74 valence electrons. The van der Waals surface area contributed by atoms with Crippen LogP contribution in [-0.2, 0) is 9.05 Å². The van der Waals surface area contributed by atoms with E-state index in [0.717, 1.165) is 0 Å². The van der Waals surface area contributed by atoms with Crippen molar-refractivity contribution in [2.24, 2.45) is 0 Å². The lowest BCUT2D eigenvalue weighted by Gasteiger charge is -1.94. The van der Waals surface area contributed by atoms with Gasteiger partial charge in [-0.3, -0.25) is 0 Å². The minimum Gasteiger partial charge on any atom is -0.210 e. The van der Waals surface area contributed by atoms with Gasteiger partial charge in [0.2, 0.25) is 0 Å². The van der Waals surface area contributed by atoms with Crippen LogP contribution in [0.15, 0.2) is 11.1 Å². The van der Waals surface area contributed by atoms with Crippen molar-refractivity contribution >= 4 is 19.7 Å². The first-order valence-corrected chi connectivity index (χ1v) is 5.42. The van der Waals surface area contributed by atoms with E-state index in [-0.39, 0.29) is 10.4 Å². The van der Waals surface area contributed by atoms with Gasteiger partial charge < -0.3 is 0 Å². The number of hydrogen-bond acceptors (Lipinski definition) is 3. The van der Waals surface area contributed by atoms with Gasteiger partial charge >= 0.3 is 6.55 Å². The van der Waals surface area contributed by atoms with Crippen LogP contribution in [0.25, 0.3) is 0 Å². The molecule has 8 heteroatoms. The number of hydrogen-bond donors (Lipinski definition) is 0. The maximum atomic E-state index is 12.0. The van der Waals surface area contributed by atoms with Crippen molar-refractivity contribution in [1.82, 2.24) is 9.78 Å². The summed E-state index contributed by atoms with van der Waals surface area (Å²) in [5.41, 5.74) is -0.0460. The number of rotatable bonds is 2. The molecule has 1 heterocycles. The van der Waals surface area contributed by atoms with E-state index in [1.807, 2.05) is 0 Å². The summed E-state index contributed by atoms with van der Waals surface area (Å²) in [7, 11) is 0.965. The van der Waals surface area contributed by atoms with E-state index >= 15 is 0 Å². The second-order valence-corrected chi connectivity index (χ2v) is 4.81. The molecule has 0 spiro atoms. The third kappa shape index (κ3) is 2.16. The molecule has 0 amide bonds. The van der Waals surface area contributed by atoms with Gasteiger partial charge in [0.1, 0.15) is 4.90 Å². The zero-order chi connectivity index (χ0) is 10.2. The minimum atomic E-state index is -3.99. The van der Waals surface area contributed by atoms with E-state index in [0.29, 0.717) is 6.20 Å². The number of aryl methyl sites for hydroxylation is 1. The van der Waals surface area contributed by atoms with Crippen molar-refractivity contribution in [3.8, 4) is 0 Å². The quantitative estimate of drug-likeness (QED) is 0.724. The summed E-state index contributed by atoms with van der Waals surface area (Å²) in [5, 5.41) is 3.28. The fourth-order valence-corrected chi connectivity index (χ4v) is 1.89. The van der Waals surface area contributed by atoms with Crippen molar-refractivity contribution < 1.29 is 17.2 Å². The lowest BCUT2D eigenvalue weighted by molar-refractivity contribution is 0.0561. The van der Waals surface area contributed by atoms with Crippen LogP contribution in [0.1, 0.15) is 12.2 Å². The standard InChI is InChI=1S/C5H5ClF2N2O2S/c1-3-4(13(6,11)12)2-10(9-3)5(7)8/h2,5H,1H3. The maximum Gasteiger partial charge on any atom is 0.333 e. The summed E-state index contributed by atoms with van der Waals surface area (Å²) in [4.78, 5) is -0.394. The SMILES string of the molecule is Cc1nn(C(F)F)cc1S(=O)(=O)Cl. The molecule has 0 fully saturated rings. The number of alkyl halides is 2. The van der Waals surface area contributed by atoms with Crippen LogP contribution in [-0.4, -0.2) is 18.2 Å². The molecule has 0 atom stereocenters. The van der Waals surface area contributed by atoms with Crippen molar-refractivity contribution in [1.29, 1.82) is 0 Å². The molecule has 0 saturated carbocycles. The smallest absolute Gasteiger partial charge is 0.210 e. The minimum absolute atomic E-state index is 0.0460. The largest absolute Gasteiger partial charge is 0.333 e. The monoisotopic (exact) mass is 230 g/mol. The van der Waals surface area contributed by atoms with Crippen LogP contribution < -0.4 is 0 Å². The van der Waals surface area contributed by atoms with Crippen molar-refractivity contribution in [3.05, 3.63) is 11.9 Å². The lowest BCUT2D eigenvalue weighted by Crippen LogP contribution is -1.97. The van der Waals surface area contributed by atoms with Gasteiger partial charge in [-0.2, -0.15) is 13.9 Å². The molecule has 0 aliphatic carbocycles. The molecule has 1 aromatic heterocycles. The Hall–Kier alpha value is -0.690. The van der Waals surface area contributed by atoms with Crippen LogP contribution in [0.4, 0.5) is 8.78 Å². The summed E-state index contributed by atoms with van der Waals surface area (Å²) in [6.07, 6.45) is 0.697. The second kappa shape index (κ2) is 3.22. The summed E-state index contributed by atoms with van der Waals surface area (Å²) in [5.74, 6) is 0. The first-order chi connectivity index (χ1) is 5.82. The maximum absolute atomic E-state index is 12.0. The molecule has 0 aliphatic rings. The lowest BCUT2D eigenvalue weighted by atomic mass is 10.5. The fraction of sp³-hybridized carbons (Fsp3) is 0.400. The first kappa shape index (κ1) is 10.4. The van der Waals surface area contributed by atoms with Crippen LogP contribution >= 0.6 is 10.7 Å². The number of halogens is 3. The van der Waals surface area contributed by atoms with E-state index in [9.17, 15) is 17.2 Å². The predicted octanol–water partition coefficient (Wildman–Crippen LogP) is 1.51. The summed E-state index contributed by atoms with van der Waals surface area (Å²) < 4.78 is 45.8. The molecule has 0 aliphatic heterocycles. The highest BCUT2D eigenvalue weighted by molar-refractivity contribution is 8.13. The first-order valence-electron chi connectivity index (χ1n) is 3.11. The van der Waals surface area contributed by atoms with Gasteiger partial charge in [-0.05, 0) is 6.92 Å². The molecule has 1 rings (SSSR count). The second-order valence-electron chi connectivity index (χ2n) is 2.27. The molecule has 0 unspecified atom stereocenters. The van der Waals surface area contributed by atoms with E-state index in [1.54, 1.807) is 0 Å². The Morgan fingerprint density at radius 2 is 2.15 bits per heavy atom. The third-order valence-electron chi connectivity index (χ3n) is 1.33. The average Bonchev–Trinajstić information content (AvgIpc) is 2.29. The highest BCUT2D eigenvalue weighted by Gasteiger charge is 2.19. The Morgan fingerprint density at radius 1 is 1.62 bits per heavy atom. The van der Waals surface area contributed by atoms with Gasteiger partial charge in [0.25, 0.3) is 9.05 Å². The Kier molecular flexibility index (Phi) is 2.58. The Bertz CT molecular complexity index is 414. The molecule has 0 bridgehead atoms. The predicted molar refractivity (Wildman–Crippen MR) is 41.3 cm³/mol. The highest BCUT2D eigenvalue weighted by Crippen LogP contribution is 2.20. The summed E-state index contributed by atoms with van der Waals surface area (Å²) >= 11 is 0. The zero-order valence-electron chi connectivity index (χ0n) is 6.41. The molecule has 1 aromatic rings. The zero-order valence-corrected chi connectivity index (χ0v) is 7.98. The van der Waals surface area contributed by atoms with E-state index in [1.165, 1.54) is 6.92 Å². The summed E-state index contributed by atoms with van der Waals surface area (Å²) in [6.45, 7) is -1.58. The third-order valence-corrected chi connectivity index (χ3v) is 2.76. The summed E-state index contributed by atoms with van der Waals surface area (Å²) in [6, 6.07) is 0. The molecule has 4 nitrogen and oxygen atoms in total. The van der Waals surface area contributed by atoms with Crippen LogP contribution in [0.2, 0.25) is 0 Å². The van der Waals surface area contributed by atoms with Gasteiger partial charge in [-0.15, -0.1) is 0 Å². The van der Waals surface area contributed by atoms with E-state index in [4.69, 9.17) is 10.7 Å². The Labute approximate surface area is 77.5 Å². The van der Waals surface area contributed by atoms with E-state index in [2.05, 4.69) is 5.10 Å². The Balaban J connectivity index is 3.27. The van der Waals surface area contributed by atoms with Gasteiger partial charge in [-0.1, -0.05) is 0 Å². The van der Waals surface area contributed by atoms with Gasteiger partial charge in [-0.25, -0.2) is 13.1 Å². The molecule has 0 N–H and O–H groups in total. The molecular weight excluding hydrogens is 226 g/mol. The average molecular weight is 231 g/mol. The molecular formula is C5H5ClF2N2O2S. The highest BCUT2D eigenvalue weighted by atomic mass is 35.7. The Morgan fingerprint density at radius 3 is 2.38 bits per heavy atom. The molecule has 0 radical (unpaired) electrons. The van der Waals surface area contributed by atoms with Crippen molar-refractivity contribution in [2.75, 3.05) is 0 Å². The van der Waals surface area contributed by atoms with Gasteiger partial charge in [0, 0.05) is 10.7 Å². The number of aromatic nitrogens is 2. The van der Waals surface area contributed by atoms with Crippen molar-refractivity contribution in [2.45, 2.75) is 18.4 Å². The molecule has 13 heavy (non-hydrogen) atoms. The van der Waals surface area contributed by atoms with Gasteiger partial charge in [0.05, 0.1) is 11.9 Å². The fourth-order valence-electron chi connectivity index (χ4n) is 0.804.